The fourth-order valence-corrected chi connectivity index (χ4v) is 1.79. The van der Waals surface area contributed by atoms with Crippen LogP contribution in [0.15, 0.2) is 0 Å². The van der Waals surface area contributed by atoms with Crippen LogP contribution in [0.3, 0.4) is 0 Å². The minimum Gasteiger partial charge on any atom is -0.461 e. The summed E-state index contributed by atoms with van der Waals surface area (Å²) < 4.78 is 5.32. The number of hydrogen-bond donors (Lipinski definition) is 1. The van der Waals surface area contributed by atoms with Crippen LogP contribution in [0.5, 0.6) is 0 Å². The molecule has 1 unspecified atom stereocenters. The maximum absolute atomic E-state index is 11.5. The van der Waals surface area contributed by atoms with Crippen molar-refractivity contribution in [1.82, 2.24) is 5.32 Å². The van der Waals surface area contributed by atoms with Crippen LogP contribution in [0.2, 0.25) is 0 Å². The van der Waals surface area contributed by atoms with Gasteiger partial charge in [0.25, 0.3) is 0 Å². The highest BCUT2D eigenvalue weighted by molar-refractivity contribution is 5.76. The zero-order chi connectivity index (χ0) is 9.10. The van der Waals surface area contributed by atoms with Gasteiger partial charge in [-0.25, -0.2) is 0 Å². The van der Waals surface area contributed by atoms with Crippen molar-refractivity contribution in [3.8, 4) is 0 Å². The molecule has 1 N–H and O–H groups in total. The summed E-state index contributed by atoms with van der Waals surface area (Å²) in [7, 11) is 0. The normalized spacial score (nSPS) is 29.4. The summed E-state index contributed by atoms with van der Waals surface area (Å²) in [5, 5.41) is 3.20. The first-order valence-corrected chi connectivity index (χ1v) is 5.30. The van der Waals surface area contributed by atoms with Gasteiger partial charge in [-0.1, -0.05) is 6.42 Å². The van der Waals surface area contributed by atoms with Crippen LogP contribution in [-0.4, -0.2) is 24.7 Å². The second kappa shape index (κ2) is 4.09. The number of rotatable bonds is 2. The fourth-order valence-electron chi connectivity index (χ4n) is 1.79. The van der Waals surface area contributed by atoms with Gasteiger partial charge in [0, 0.05) is 0 Å². The van der Waals surface area contributed by atoms with E-state index >= 15 is 0 Å². The van der Waals surface area contributed by atoms with Gasteiger partial charge >= 0.3 is 5.97 Å². The van der Waals surface area contributed by atoms with E-state index in [9.17, 15) is 4.79 Å². The number of hydrogen-bond acceptors (Lipinski definition) is 3. The Balaban J connectivity index is 1.74. The van der Waals surface area contributed by atoms with E-state index < -0.39 is 0 Å². The molecule has 2 rings (SSSR count). The number of carbonyl (C=O) groups is 1. The average molecular weight is 183 g/mol. The Hall–Kier alpha value is -0.570. The molecule has 2 fully saturated rings. The molecule has 0 bridgehead atoms. The first-order valence-electron chi connectivity index (χ1n) is 5.30. The van der Waals surface area contributed by atoms with E-state index in [-0.39, 0.29) is 18.1 Å². The van der Waals surface area contributed by atoms with Gasteiger partial charge in [-0.3, -0.25) is 4.79 Å². The Morgan fingerprint density at radius 1 is 1.15 bits per heavy atom. The van der Waals surface area contributed by atoms with Crippen LogP contribution in [0.4, 0.5) is 0 Å². The van der Waals surface area contributed by atoms with Crippen molar-refractivity contribution in [1.29, 1.82) is 0 Å². The molecule has 1 saturated heterocycles. The zero-order valence-electron chi connectivity index (χ0n) is 7.92. The predicted octanol–water partition coefficient (Wildman–Crippen LogP) is 1.22. The molecule has 0 aromatic carbocycles. The summed E-state index contributed by atoms with van der Waals surface area (Å²) in [5.74, 6) is -0.0237. The molecule has 0 spiro atoms. The Morgan fingerprint density at radius 3 is 2.54 bits per heavy atom. The zero-order valence-corrected chi connectivity index (χ0v) is 7.92. The van der Waals surface area contributed by atoms with E-state index in [2.05, 4.69) is 5.32 Å². The third-order valence-corrected chi connectivity index (χ3v) is 2.93. The molecule has 1 saturated carbocycles. The summed E-state index contributed by atoms with van der Waals surface area (Å²) in [6, 6.07) is -0.0191. The van der Waals surface area contributed by atoms with Crippen LogP contribution < -0.4 is 5.32 Å². The molecule has 0 aromatic rings. The Bertz CT molecular complexity index is 183. The molecule has 3 heteroatoms. The van der Waals surface area contributed by atoms with Gasteiger partial charge in [0.05, 0.1) is 0 Å². The molecule has 13 heavy (non-hydrogen) atoms. The third-order valence-electron chi connectivity index (χ3n) is 2.93. The van der Waals surface area contributed by atoms with Crippen molar-refractivity contribution < 1.29 is 9.53 Å². The van der Waals surface area contributed by atoms with E-state index in [1.165, 1.54) is 12.8 Å². The molecule has 2 aliphatic rings. The van der Waals surface area contributed by atoms with Crippen LogP contribution in [0, 0.1) is 0 Å². The van der Waals surface area contributed by atoms with Crippen molar-refractivity contribution in [3.63, 3.8) is 0 Å². The smallest absolute Gasteiger partial charge is 0.323 e. The first kappa shape index (κ1) is 9.00. The lowest BCUT2D eigenvalue weighted by atomic mass is 9.96. The molecule has 1 aliphatic heterocycles. The van der Waals surface area contributed by atoms with Crippen LogP contribution >= 0.6 is 0 Å². The van der Waals surface area contributed by atoms with Crippen molar-refractivity contribution in [3.05, 3.63) is 0 Å². The minimum atomic E-state index is -0.0237. The quantitative estimate of drug-likeness (QED) is 0.654. The molecule has 1 atom stereocenters. The van der Waals surface area contributed by atoms with Crippen LogP contribution in [0.1, 0.15) is 38.5 Å². The topological polar surface area (TPSA) is 38.3 Å². The van der Waals surface area contributed by atoms with E-state index in [0.29, 0.717) is 0 Å². The molecule has 0 amide bonds. The summed E-state index contributed by atoms with van der Waals surface area (Å²) >= 11 is 0. The molecule has 1 heterocycles. The molecular weight excluding hydrogens is 166 g/mol. The third kappa shape index (κ3) is 2.21. The Morgan fingerprint density at radius 2 is 2.00 bits per heavy atom. The van der Waals surface area contributed by atoms with E-state index in [1.54, 1.807) is 0 Å². The van der Waals surface area contributed by atoms with Crippen molar-refractivity contribution in [2.45, 2.75) is 50.7 Å². The summed E-state index contributed by atoms with van der Waals surface area (Å²) in [4.78, 5) is 11.5. The summed E-state index contributed by atoms with van der Waals surface area (Å²) in [6.45, 7) is 0.963. The number of nitrogens with one attached hydrogen (secondary N) is 1. The van der Waals surface area contributed by atoms with Gasteiger partial charge < -0.3 is 10.1 Å². The highest BCUT2D eigenvalue weighted by Gasteiger charge is 2.27. The van der Waals surface area contributed by atoms with E-state index in [4.69, 9.17) is 4.74 Å². The average Bonchev–Trinajstić information content (AvgIpc) is 2.12. The summed E-state index contributed by atoms with van der Waals surface area (Å²) in [5.41, 5.74) is 0. The highest BCUT2D eigenvalue weighted by atomic mass is 16.5. The maximum Gasteiger partial charge on any atom is 0.323 e. The standard InChI is InChI=1S/C10H17NO2/c12-10(13-8-4-3-5-8)9-6-1-2-7-11-9/h8-9,11H,1-7H2. The number of esters is 1. The molecule has 74 valence electrons. The second-order valence-corrected chi connectivity index (χ2v) is 3.99. The van der Waals surface area contributed by atoms with Gasteiger partial charge in [-0.2, -0.15) is 0 Å². The second-order valence-electron chi connectivity index (χ2n) is 3.99. The van der Waals surface area contributed by atoms with Crippen molar-refractivity contribution >= 4 is 5.97 Å². The maximum atomic E-state index is 11.5. The lowest BCUT2D eigenvalue weighted by Crippen LogP contribution is -2.43. The molecule has 0 radical (unpaired) electrons. The van der Waals surface area contributed by atoms with E-state index in [0.717, 1.165) is 32.2 Å². The lowest BCUT2D eigenvalue weighted by molar-refractivity contribution is -0.156. The largest absolute Gasteiger partial charge is 0.461 e. The molecule has 3 nitrogen and oxygen atoms in total. The van der Waals surface area contributed by atoms with Gasteiger partial charge in [-0.05, 0) is 38.6 Å². The van der Waals surface area contributed by atoms with Gasteiger partial charge in [0.15, 0.2) is 0 Å². The molecular formula is C10H17NO2. The monoisotopic (exact) mass is 183 g/mol. The van der Waals surface area contributed by atoms with Gasteiger partial charge in [0.2, 0.25) is 0 Å². The van der Waals surface area contributed by atoms with Crippen molar-refractivity contribution in [2.24, 2.45) is 0 Å². The number of carbonyl (C=O) groups excluding carboxylic acids is 1. The van der Waals surface area contributed by atoms with Gasteiger partial charge in [-0.15, -0.1) is 0 Å². The number of ether oxygens (including phenoxy) is 1. The Labute approximate surface area is 78.8 Å². The van der Waals surface area contributed by atoms with Crippen LogP contribution in [-0.2, 0) is 9.53 Å². The van der Waals surface area contributed by atoms with Crippen molar-refractivity contribution in [2.75, 3.05) is 6.54 Å². The highest BCUT2D eigenvalue weighted by Crippen LogP contribution is 2.23. The SMILES string of the molecule is O=C(OC1CCC1)C1CCCCN1. The summed E-state index contributed by atoms with van der Waals surface area (Å²) in [6.07, 6.45) is 6.87. The fraction of sp³-hybridized carbons (Fsp3) is 0.900. The molecule has 1 aliphatic carbocycles. The first-order chi connectivity index (χ1) is 6.36. The Kier molecular flexibility index (Phi) is 2.83. The predicted molar refractivity (Wildman–Crippen MR) is 49.4 cm³/mol. The molecule has 0 aromatic heterocycles. The lowest BCUT2D eigenvalue weighted by Gasteiger charge is -2.29. The van der Waals surface area contributed by atoms with Gasteiger partial charge in [0.1, 0.15) is 12.1 Å². The van der Waals surface area contributed by atoms with Crippen LogP contribution in [0.25, 0.3) is 0 Å². The number of piperidine rings is 1. The van der Waals surface area contributed by atoms with E-state index in [1.807, 2.05) is 0 Å². The minimum absolute atomic E-state index is 0.0191.